The molecule has 0 aliphatic carbocycles. The van der Waals surface area contributed by atoms with Crippen LogP contribution in [0.2, 0.25) is 0 Å². The number of thiophene rings is 3. The van der Waals surface area contributed by atoms with Crippen molar-refractivity contribution in [2.75, 3.05) is 0 Å². The Hall–Kier alpha value is -3.98. The van der Waals surface area contributed by atoms with E-state index in [0.717, 1.165) is 41.6 Å². The Morgan fingerprint density at radius 2 is 1.06 bits per heavy atom. The van der Waals surface area contributed by atoms with Crippen LogP contribution in [0.15, 0.2) is 59.7 Å². The lowest BCUT2D eigenvalue weighted by Crippen LogP contribution is -1.69. The first-order valence-corrected chi connectivity index (χ1v) is 11.5. The summed E-state index contributed by atoms with van der Waals surface area (Å²) in [6.45, 7) is 0. The fourth-order valence-corrected chi connectivity index (χ4v) is 6.67. The Labute approximate surface area is 190 Å². The van der Waals surface area contributed by atoms with Crippen LogP contribution in [-0.4, -0.2) is 0 Å². The van der Waals surface area contributed by atoms with Crippen LogP contribution in [0, 0.1) is 45.3 Å². The summed E-state index contributed by atoms with van der Waals surface area (Å²) in [6, 6.07) is 23.7. The first-order chi connectivity index (χ1) is 15.2. The Morgan fingerprint density at radius 3 is 1.45 bits per heavy atom. The lowest BCUT2D eigenvalue weighted by atomic mass is 10.1. The van der Waals surface area contributed by atoms with Crippen LogP contribution in [0.4, 0.5) is 0 Å². The zero-order chi connectivity index (χ0) is 21.8. The molecular weight excluding hydrogens is 440 g/mol. The van der Waals surface area contributed by atoms with Gasteiger partial charge in [0.2, 0.25) is 0 Å². The molecule has 0 amide bonds. The second-order valence-corrected chi connectivity index (χ2v) is 9.67. The number of nitrogens with zero attached hydrogens (tertiary/aromatic N) is 4. The van der Waals surface area contributed by atoms with E-state index in [1.165, 1.54) is 9.75 Å². The Morgan fingerprint density at radius 1 is 0.645 bits per heavy atom. The molecular formula is C24H11N4S3+. The maximum atomic E-state index is 9.00. The molecule has 0 unspecified atom stereocenters. The van der Waals surface area contributed by atoms with Crippen LogP contribution < -0.4 is 0 Å². The molecule has 0 spiro atoms. The minimum absolute atomic E-state index is 0.0864. The van der Waals surface area contributed by atoms with Gasteiger partial charge in [0.25, 0.3) is 0 Å². The zero-order valence-electron chi connectivity index (χ0n) is 15.8. The molecule has 3 aromatic heterocycles. The summed E-state index contributed by atoms with van der Waals surface area (Å²) >= 11 is 4.18. The minimum Gasteiger partial charge on any atom is -0.192 e. The molecule has 0 saturated carbocycles. The highest BCUT2D eigenvalue weighted by atomic mass is 32.1. The van der Waals surface area contributed by atoms with E-state index < -0.39 is 0 Å². The fourth-order valence-electron chi connectivity index (χ4n) is 3.08. The van der Waals surface area contributed by atoms with Crippen molar-refractivity contribution < 1.29 is 0 Å². The highest BCUT2D eigenvalue weighted by Gasteiger charge is 2.23. The van der Waals surface area contributed by atoms with Gasteiger partial charge in [-0.2, -0.15) is 21.0 Å². The molecule has 1 aromatic carbocycles. The van der Waals surface area contributed by atoms with Crippen LogP contribution in [-0.2, 0) is 0 Å². The normalized spacial score (nSPS) is 9.81. The number of hydrogen-bond donors (Lipinski definition) is 0. The summed E-state index contributed by atoms with van der Waals surface area (Å²) < 4.78 is 0. The maximum Gasteiger partial charge on any atom is 0.196 e. The monoisotopic (exact) mass is 451 g/mol. The lowest BCUT2D eigenvalue weighted by Gasteiger charge is -1.90. The van der Waals surface area contributed by atoms with Gasteiger partial charge in [-0.1, -0.05) is 12.1 Å². The molecule has 0 atom stereocenters. The van der Waals surface area contributed by atoms with Crippen molar-refractivity contribution in [2.45, 2.75) is 0 Å². The zero-order valence-corrected chi connectivity index (χ0v) is 18.4. The molecule has 144 valence electrons. The number of rotatable bonds is 4. The molecule has 3 heterocycles. The van der Waals surface area contributed by atoms with Gasteiger partial charge in [-0.3, -0.25) is 0 Å². The molecule has 4 rings (SSSR count). The average Bonchev–Trinajstić information content (AvgIpc) is 3.53. The summed E-state index contributed by atoms with van der Waals surface area (Å²) in [5, 5.41) is 38.3. The quantitative estimate of drug-likeness (QED) is 0.248. The van der Waals surface area contributed by atoms with Gasteiger partial charge in [-0.15, -0.1) is 22.7 Å². The average molecular weight is 452 g/mol. The van der Waals surface area contributed by atoms with Crippen molar-refractivity contribution >= 4 is 56.9 Å². The summed E-state index contributed by atoms with van der Waals surface area (Å²) in [5.41, 5.74) is 0.173. The number of allylic oxidation sites excluding steroid dienone is 2. The predicted octanol–water partition coefficient (Wildman–Crippen LogP) is 6.95. The van der Waals surface area contributed by atoms with Crippen LogP contribution in [0.1, 0.15) is 9.75 Å². The van der Waals surface area contributed by atoms with Crippen molar-refractivity contribution in [3.05, 3.63) is 69.4 Å². The van der Waals surface area contributed by atoms with Gasteiger partial charge in [0.1, 0.15) is 35.4 Å². The molecule has 0 fully saturated rings. The van der Waals surface area contributed by atoms with Gasteiger partial charge in [0, 0.05) is 20.5 Å². The molecule has 4 aromatic rings. The molecule has 7 heteroatoms. The van der Waals surface area contributed by atoms with Gasteiger partial charge in [0.05, 0.1) is 9.75 Å². The molecule has 4 nitrogen and oxygen atoms in total. The topological polar surface area (TPSA) is 95.2 Å². The third kappa shape index (κ3) is 4.03. The lowest BCUT2D eigenvalue weighted by molar-refractivity contribution is 1.47. The van der Waals surface area contributed by atoms with Crippen molar-refractivity contribution in [3.8, 4) is 43.8 Å². The van der Waals surface area contributed by atoms with Crippen LogP contribution in [0.5, 0.6) is 0 Å². The van der Waals surface area contributed by atoms with Crippen LogP contribution in [0.25, 0.3) is 42.4 Å². The standard InChI is InChI=1S/C24H10N4S3/c25-11-15(12-26)9-17-5-7-21(29-17)23-19-3-1-2-4-20(19)24(31-23)22-8-6-18(30-22)10-16(13-27)14-28/h1-10H/p+1. The van der Waals surface area contributed by atoms with Crippen LogP contribution in [0.3, 0.4) is 0 Å². The SMILES string of the molecule is N#CC(C#N)=Cc1ccc(-c2[sH+]c(-c3ccc(C=C(C#N)C#N)s3)c3ccccc23)s1. The molecule has 0 N–H and O–H groups in total. The van der Waals surface area contributed by atoms with Crippen molar-refractivity contribution in [3.63, 3.8) is 0 Å². The summed E-state index contributed by atoms with van der Waals surface area (Å²) in [6.07, 6.45) is 3.22. The van der Waals surface area contributed by atoms with E-state index in [-0.39, 0.29) is 11.1 Å². The van der Waals surface area contributed by atoms with E-state index in [1.807, 2.05) is 60.7 Å². The van der Waals surface area contributed by atoms with E-state index >= 15 is 0 Å². The minimum atomic E-state index is 0.0864. The predicted molar refractivity (Wildman–Crippen MR) is 128 cm³/mol. The van der Waals surface area contributed by atoms with Gasteiger partial charge >= 0.3 is 0 Å². The number of fused-ring (bicyclic) bond motifs is 1. The fraction of sp³-hybridized carbons (Fsp3) is 0. The molecule has 0 aliphatic rings. The van der Waals surface area contributed by atoms with Crippen LogP contribution >= 0.6 is 34.0 Å². The van der Waals surface area contributed by atoms with Gasteiger partial charge in [-0.05, 0) is 59.9 Å². The molecule has 0 aliphatic heterocycles. The number of hydrogen-bond acceptors (Lipinski definition) is 6. The summed E-state index contributed by atoms with van der Waals surface area (Å²) in [7, 11) is 0. The number of nitriles is 4. The van der Waals surface area contributed by atoms with E-state index in [0.29, 0.717) is 0 Å². The van der Waals surface area contributed by atoms with E-state index in [2.05, 4.69) is 12.1 Å². The third-order valence-corrected chi connectivity index (χ3v) is 8.25. The third-order valence-electron chi connectivity index (χ3n) is 4.44. The summed E-state index contributed by atoms with van der Waals surface area (Å²) in [4.78, 5) is 6.30. The smallest absolute Gasteiger partial charge is 0.192 e. The van der Waals surface area contributed by atoms with Crippen molar-refractivity contribution in [1.29, 1.82) is 21.0 Å². The molecule has 0 bridgehead atoms. The molecule has 0 radical (unpaired) electrons. The first-order valence-electron chi connectivity index (χ1n) is 8.96. The van der Waals surface area contributed by atoms with E-state index in [9.17, 15) is 0 Å². The van der Waals surface area contributed by atoms with E-state index in [4.69, 9.17) is 21.0 Å². The van der Waals surface area contributed by atoms with Crippen molar-refractivity contribution in [2.24, 2.45) is 0 Å². The van der Waals surface area contributed by atoms with Gasteiger partial charge < -0.3 is 0 Å². The highest BCUT2D eigenvalue weighted by molar-refractivity contribution is 7.28. The Balaban J connectivity index is 1.81. The molecule has 0 saturated heterocycles. The second kappa shape index (κ2) is 8.80. The van der Waals surface area contributed by atoms with Gasteiger partial charge in [0.15, 0.2) is 9.75 Å². The van der Waals surface area contributed by atoms with E-state index in [1.54, 1.807) is 34.8 Å². The first kappa shape index (κ1) is 20.3. The summed E-state index contributed by atoms with van der Waals surface area (Å²) in [5.74, 6) is 0. The largest absolute Gasteiger partial charge is 0.196 e. The highest BCUT2D eigenvalue weighted by Crippen LogP contribution is 2.47. The number of benzene rings is 1. The second-order valence-electron chi connectivity index (χ2n) is 6.32. The maximum absolute atomic E-state index is 9.00. The van der Waals surface area contributed by atoms with Gasteiger partial charge in [-0.25, -0.2) is 0 Å². The van der Waals surface area contributed by atoms with Crippen molar-refractivity contribution in [1.82, 2.24) is 0 Å². The Bertz CT molecular complexity index is 1390. The Kier molecular flexibility index (Phi) is 5.76. The molecule has 31 heavy (non-hydrogen) atoms.